The Morgan fingerprint density at radius 2 is 2.44 bits per heavy atom. The summed E-state index contributed by atoms with van der Waals surface area (Å²) in [6, 6.07) is 2.66. The standard InChI is InChI=1S/C13H18N4O/c1-9-12-5-10(6-14-11-3-4-18-8-11)7-15-13(12)17(2)16-9/h5,7,11,14H,3-4,6,8H2,1-2H3/t11-/m0/s1. The Kier molecular flexibility index (Phi) is 3.01. The number of rotatable bonds is 3. The monoisotopic (exact) mass is 246 g/mol. The second-order valence-electron chi connectivity index (χ2n) is 4.87. The zero-order chi connectivity index (χ0) is 12.5. The van der Waals surface area contributed by atoms with Gasteiger partial charge in [0.15, 0.2) is 5.65 Å². The molecular formula is C13H18N4O. The molecule has 3 heterocycles. The van der Waals surface area contributed by atoms with Gasteiger partial charge in [0.1, 0.15) is 0 Å². The summed E-state index contributed by atoms with van der Waals surface area (Å²) in [7, 11) is 1.93. The van der Waals surface area contributed by atoms with Gasteiger partial charge in [0.25, 0.3) is 0 Å². The van der Waals surface area contributed by atoms with E-state index in [1.807, 2.05) is 24.9 Å². The fraction of sp³-hybridized carbons (Fsp3) is 0.538. The Bertz CT molecular complexity index is 557. The predicted molar refractivity (Wildman–Crippen MR) is 69.3 cm³/mol. The Morgan fingerprint density at radius 1 is 1.56 bits per heavy atom. The molecule has 0 radical (unpaired) electrons. The minimum atomic E-state index is 0.482. The van der Waals surface area contributed by atoms with Gasteiger partial charge in [0, 0.05) is 37.8 Å². The Labute approximate surface area is 106 Å². The van der Waals surface area contributed by atoms with Gasteiger partial charge in [-0.3, -0.25) is 4.68 Å². The van der Waals surface area contributed by atoms with Crippen LogP contribution in [0, 0.1) is 6.92 Å². The molecule has 96 valence electrons. The van der Waals surface area contributed by atoms with Crippen molar-refractivity contribution in [3.8, 4) is 0 Å². The average molecular weight is 246 g/mol. The van der Waals surface area contributed by atoms with Gasteiger partial charge in [-0.2, -0.15) is 5.10 Å². The number of aromatic nitrogens is 3. The highest BCUT2D eigenvalue weighted by Gasteiger charge is 2.15. The lowest BCUT2D eigenvalue weighted by molar-refractivity contribution is 0.190. The van der Waals surface area contributed by atoms with Crippen molar-refractivity contribution < 1.29 is 4.74 Å². The minimum Gasteiger partial charge on any atom is -0.380 e. The summed E-state index contributed by atoms with van der Waals surface area (Å²) in [4.78, 5) is 4.48. The number of aryl methyl sites for hydroxylation is 2. The molecule has 1 atom stereocenters. The van der Waals surface area contributed by atoms with E-state index in [0.29, 0.717) is 6.04 Å². The number of ether oxygens (including phenoxy) is 1. The maximum atomic E-state index is 5.35. The van der Waals surface area contributed by atoms with Crippen molar-refractivity contribution in [2.75, 3.05) is 13.2 Å². The van der Waals surface area contributed by atoms with Crippen LogP contribution in [0.25, 0.3) is 11.0 Å². The maximum absolute atomic E-state index is 5.35. The molecule has 0 amide bonds. The summed E-state index contributed by atoms with van der Waals surface area (Å²) in [6.45, 7) is 4.55. The highest BCUT2D eigenvalue weighted by molar-refractivity contribution is 5.78. The third-order valence-corrected chi connectivity index (χ3v) is 3.44. The zero-order valence-electron chi connectivity index (χ0n) is 10.8. The molecule has 2 aromatic heterocycles. The number of fused-ring (bicyclic) bond motifs is 1. The van der Waals surface area contributed by atoms with Crippen molar-refractivity contribution >= 4 is 11.0 Å². The van der Waals surface area contributed by atoms with E-state index in [1.54, 1.807) is 0 Å². The van der Waals surface area contributed by atoms with Gasteiger partial charge in [0.2, 0.25) is 0 Å². The number of nitrogens with zero attached hydrogens (tertiary/aromatic N) is 3. The molecule has 0 aromatic carbocycles. The van der Waals surface area contributed by atoms with Gasteiger partial charge in [-0.05, 0) is 25.0 Å². The van der Waals surface area contributed by atoms with Crippen molar-refractivity contribution in [3.05, 3.63) is 23.5 Å². The summed E-state index contributed by atoms with van der Waals surface area (Å²) >= 11 is 0. The first kappa shape index (κ1) is 11.6. The third-order valence-electron chi connectivity index (χ3n) is 3.44. The summed E-state index contributed by atoms with van der Waals surface area (Å²) in [6.07, 6.45) is 3.02. The molecule has 1 N–H and O–H groups in total. The van der Waals surface area contributed by atoms with Crippen LogP contribution in [0.5, 0.6) is 0 Å². The van der Waals surface area contributed by atoms with Crippen LogP contribution in [-0.2, 0) is 18.3 Å². The number of hydrogen-bond acceptors (Lipinski definition) is 4. The molecule has 1 aliphatic rings. The van der Waals surface area contributed by atoms with Crippen LogP contribution in [0.4, 0.5) is 0 Å². The van der Waals surface area contributed by atoms with Crippen LogP contribution in [0.2, 0.25) is 0 Å². The van der Waals surface area contributed by atoms with E-state index in [2.05, 4.69) is 21.5 Å². The summed E-state index contributed by atoms with van der Waals surface area (Å²) < 4.78 is 7.17. The molecule has 2 aromatic rings. The third kappa shape index (κ3) is 2.11. The summed E-state index contributed by atoms with van der Waals surface area (Å²) in [5, 5.41) is 9.02. The second kappa shape index (κ2) is 4.66. The fourth-order valence-electron chi connectivity index (χ4n) is 2.41. The smallest absolute Gasteiger partial charge is 0.157 e. The van der Waals surface area contributed by atoms with Crippen LogP contribution in [-0.4, -0.2) is 34.0 Å². The summed E-state index contributed by atoms with van der Waals surface area (Å²) in [5.41, 5.74) is 3.18. The molecular weight excluding hydrogens is 228 g/mol. The van der Waals surface area contributed by atoms with E-state index < -0.39 is 0 Å². The Balaban J connectivity index is 1.78. The average Bonchev–Trinajstić information content (AvgIpc) is 2.97. The van der Waals surface area contributed by atoms with Gasteiger partial charge in [-0.15, -0.1) is 0 Å². The molecule has 5 heteroatoms. The van der Waals surface area contributed by atoms with Gasteiger partial charge in [-0.25, -0.2) is 4.98 Å². The molecule has 1 saturated heterocycles. The molecule has 0 saturated carbocycles. The SMILES string of the molecule is Cc1nn(C)c2ncc(CN[C@H]3CCOC3)cc12. The lowest BCUT2D eigenvalue weighted by Gasteiger charge is -2.10. The largest absolute Gasteiger partial charge is 0.380 e. The van der Waals surface area contributed by atoms with Gasteiger partial charge >= 0.3 is 0 Å². The summed E-state index contributed by atoms with van der Waals surface area (Å²) in [5.74, 6) is 0. The van der Waals surface area contributed by atoms with Crippen LogP contribution in [0.15, 0.2) is 12.3 Å². The van der Waals surface area contributed by atoms with E-state index in [0.717, 1.165) is 42.9 Å². The Morgan fingerprint density at radius 3 is 3.22 bits per heavy atom. The van der Waals surface area contributed by atoms with Crippen molar-refractivity contribution in [2.24, 2.45) is 7.05 Å². The minimum absolute atomic E-state index is 0.482. The first-order valence-corrected chi connectivity index (χ1v) is 6.33. The number of hydrogen-bond donors (Lipinski definition) is 1. The first-order chi connectivity index (χ1) is 8.74. The molecule has 0 spiro atoms. The van der Waals surface area contributed by atoms with Gasteiger partial charge in [0.05, 0.1) is 12.3 Å². The molecule has 0 unspecified atom stereocenters. The fourth-order valence-corrected chi connectivity index (χ4v) is 2.41. The van der Waals surface area contributed by atoms with Gasteiger partial charge in [-0.1, -0.05) is 0 Å². The first-order valence-electron chi connectivity index (χ1n) is 6.33. The lowest BCUT2D eigenvalue weighted by atomic mass is 10.2. The maximum Gasteiger partial charge on any atom is 0.157 e. The topological polar surface area (TPSA) is 52.0 Å². The van der Waals surface area contributed by atoms with Crippen molar-refractivity contribution in [3.63, 3.8) is 0 Å². The van der Waals surface area contributed by atoms with Crippen LogP contribution >= 0.6 is 0 Å². The second-order valence-corrected chi connectivity index (χ2v) is 4.87. The molecule has 18 heavy (non-hydrogen) atoms. The van der Waals surface area contributed by atoms with E-state index in [-0.39, 0.29) is 0 Å². The van der Waals surface area contributed by atoms with Crippen LogP contribution in [0.1, 0.15) is 17.7 Å². The van der Waals surface area contributed by atoms with Crippen molar-refractivity contribution in [1.82, 2.24) is 20.1 Å². The van der Waals surface area contributed by atoms with Crippen molar-refractivity contribution in [1.29, 1.82) is 0 Å². The van der Waals surface area contributed by atoms with E-state index >= 15 is 0 Å². The highest BCUT2D eigenvalue weighted by atomic mass is 16.5. The number of pyridine rings is 1. The molecule has 1 aliphatic heterocycles. The molecule has 0 bridgehead atoms. The van der Waals surface area contributed by atoms with E-state index in [9.17, 15) is 0 Å². The molecule has 5 nitrogen and oxygen atoms in total. The Hall–Kier alpha value is -1.46. The van der Waals surface area contributed by atoms with E-state index in [4.69, 9.17) is 4.74 Å². The lowest BCUT2D eigenvalue weighted by Crippen LogP contribution is -2.28. The van der Waals surface area contributed by atoms with Crippen LogP contribution < -0.4 is 5.32 Å². The van der Waals surface area contributed by atoms with E-state index in [1.165, 1.54) is 5.56 Å². The molecule has 0 aliphatic carbocycles. The highest BCUT2D eigenvalue weighted by Crippen LogP contribution is 2.16. The quantitative estimate of drug-likeness (QED) is 0.883. The van der Waals surface area contributed by atoms with Crippen LogP contribution in [0.3, 0.4) is 0 Å². The molecule has 1 fully saturated rings. The molecule has 3 rings (SSSR count). The normalized spacial score (nSPS) is 19.8. The van der Waals surface area contributed by atoms with Gasteiger partial charge < -0.3 is 10.1 Å². The number of nitrogens with one attached hydrogen (secondary N) is 1. The predicted octanol–water partition coefficient (Wildman–Crippen LogP) is 1.16. The zero-order valence-corrected chi connectivity index (χ0v) is 10.8. The van der Waals surface area contributed by atoms with Crippen molar-refractivity contribution in [2.45, 2.75) is 25.9 Å².